The minimum atomic E-state index is -0.957. The predicted octanol–water partition coefficient (Wildman–Crippen LogP) is 7.47. The minimum Gasteiger partial charge on any atom is -0.478 e. The van der Waals surface area contributed by atoms with Crippen LogP contribution in [0.2, 0.25) is 0 Å². The number of aryl methyl sites for hydroxylation is 2. The Balaban J connectivity index is 1.42. The second-order valence-electron chi connectivity index (χ2n) is 10.4. The molecule has 0 unspecified atom stereocenters. The molecule has 3 heterocycles. The van der Waals surface area contributed by atoms with Gasteiger partial charge in [-0.2, -0.15) is 0 Å². The number of pyridine rings is 1. The van der Waals surface area contributed by atoms with Gasteiger partial charge in [0, 0.05) is 29.0 Å². The first-order valence-corrected chi connectivity index (χ1v) is 14.1. The zero-order chi connectivity index (χ0) is 29.4. The highest BCUT2D eigenvalue weighted by Gasteiger charge is 2.42. The predicted molar refractivity (Wildman–Crippen MR) is 168 cm³/mol. The average molecular weight is 575 g/mol. The zero-order valence-corrected chi connectivity index (χ0v) is 24.3. The molecule has 1 fully saturated rings. The lowest BCUT2D eigenvalue weighted by Crippen LogP contribution is -2.29. The summed E-state index contributed by atoms with van der Waals surface area (Å²) in [5.41, 5.74) is 6.96. The molecule has 0 aliphatic carbocycles. The highest BCUT2D eigenvalue weighted by Crippen LogP contribution is 2.44. The number of carboxylic acids is 1. The maximum Gasteiger partial charge on any atom is 0.335 e. The number of ether oxygens (including phenoxy) is 1. The van der Waals surface area contributed by atoms with Gasteiger partial charge in [0.15, 0.2) is 5.11 Å². The summed E-state index contributed by atoms with van der Waals surface area (Å²) in [6, 6.07) is 30.5. The van der Waals surface area contributed by atoms with E-state index in [1.807, 2.05) is 86.6 Å². The van der Waals surface area contributed by atoms with Gasteiger partial charge >= 0.3 is 5.97 Å². The van der Waals surface area contributed by atoms with Crippen LogP contribution in [0.15, 0.2) is 103 Å². The fraction of sp³-hybridized carbons (Fsp3) is 0.147. The Hall–Kier alpha value is -4.95. The maximum atomic E-state index is 11.7. The molecule has 1 aliphatic rings. The number of hydrogen-bond acceptors (Lipinski definition) is 4. The molecule has 2 N–H and O–H groups in total. The summed E-state index contributed by atoms with van der Waals surface area (Å²) in [4.78, 5) is 18.5. The third-order valence-corrected chi connectivity index (χ3v) is 7.99. The summed E-state index contributed by atoms with van der Waals surface area (Å²) < 4.78 is 8.24. The van der Waals surface area contributed by atoms with E-state index in [9.17, 15) is 9.90 Å². The number of nitrogens with one attached hydrogen (secondary N) is 1. The van der Waals surface area contributed by atoms with Crippen molar-refractivity contribution in [3.63, 3.8) is 0 Å². The van der Waals surface area contributed by atoms with Crippen LogP contribution in [0.4, 0.5) is 5.69 Å². The second kappa shape index (κ2) is 11.1. The molecule has 2 atom stereocenters. The number of benzene rings is 3. The molecule has 0 bridgehead atoms. The first kappa shape index (κ1) is 27.2. The quantitative estimate of drug-likeness (QED) is 0.195. The third-order valence-electron chi connectivity index (χ3n) is 7.67. The van der Waals surface area contributed by atoms with Crippen molar-refractivity contribution in [3.05, 3.63) is 137 Å². The Bertz CT molecular complexity index is 1780. The van der Waals surface area contributed by atoms with Crippen molar-refractivity contribution in [2.24, 2.45) is 0 Å². The number of hydrogen-bond donors (Lipinski definition) is 2. The van der Waals surface area contributed by atoms with E-state index in [0.29, 0.717) is 5.11 Å². The smallest absolute Gasteiger partial charge is 0.335 e. The average Bonchev–Trinajstić information content (AvgIpc) is 3.49. The highest BCUT2D eigenvalue weighted by atomic mass is 32.1. The van der Waals surface area contributed by atoms with Crippen LogP contribution in [0, 0.1) is 20.8 Å². The van der Waals surface area contributed by atoms with E-state index in [-0.39, 0.29) is 17.6 Å². The molecule has 8 heteroatoms. The Kier molecular flexibility index (Phi) is 7.22. The molecule has 1 saturated heterocycles. The van der Waals surface area contributed by atoms with Crippen LogP contribution in [-0.2, 0) is 0 Å². The van der Waals surface area contributed by atoms with Crippen LogP contribution in [0.5, 0.6) is 11.5 Å². The van der Waals surface area contributed by atoms with E-state index < -0.39 is 5.97 Å². The van der Waals surface area contributed by atoms with Gasteiger partial charge < -0.3 is 24.6 Å². The number of aromatic nitrogens is 2. The molecule has 6 rings (SSSR count). The molecule has 42 heavy (non-hydrogen) atoms. The third kappa shape index (κ3) is 5.01. The topological polar surface area (TPSA) is 79.6 Å². The number of aromatic carboxylic acids is 1. The summed E-state index contributed by atoms with van der Waals surface area (Å²) in [7, 11) is 0. The largest absolute Gasteiger partial charge is 0.478 e. The lowest BCUT2D eigenvalue weighted by atomic mass is 9.96. The van der Waals surface area contributed by atoms with Crippen molar-refractivity contribution >= 4 is 29.0 Å². The van der Waals surface area contributed by atoms with Crippen molar-refractivity contribution in [3.8, 4) is 17.2 Å². The summed E-state index contributed by atoms with van der Waals surface area (Å²) in [5.74, 6) is 0.595. The molecule has 5 aromatic rings. The fourth-order valence-corrected chi connectivity index (χ4v) is 6.03. The molecule has 3 aromatic carbocycles. The Morgan fingerprint density at radius 2 is 1.67 bits per heavy atom. The zero-order valence-electron chi connectivity index (χ0n) is 23.5. The number of para-hydroxylation sites is 1. The van der Waals surface area contributed by atoms with E-state index >= 15 is 0 Å². The van der Waals surface area contributed by atoms with Gasteiger partial charge in [-0.05, 0) is 111 Å². The van der Waals surface area contributed by atoms with Crippen molar-refractivity contribution < 1.29 is 14.6 Å². The normalized spacial score (nSPS) is 16.4. The molecule has 210 valence electrons. The van der Waals surface area contributed by atoms with E-state index in [0.717, 1.165) is 51.1 Å². The lowest BCUT2D eigenvalue weighted by Gasteiger charge is -2.28. The van der Waals surface area contributed by atoms with Gasteiger partial charge in [0.2, 0.25) is 0 Å². The van der Waals surface area contributed by atoms with Gasteiger partial charge in [0.05, 0.1) is 23.3 Å². The number of thiocarbonyl (C=S) groups is 1. The summed E-state index contributed by atoms with van der Waals surface area (Å²) >= 11 is 5.94. The van der Waals surface area contributed by atoms with E-state index in [4.69, 9.17) is 17.0 Å². The monoisotopic (exact) mass is 574 g/mol. The molecule has 0 spiro atoms. The SMILES string of the molecule is Cc1ccccc1Oc1ccc(N2C(=S)N[C@@H](c3ccccn3)[C@@H]2c2cc(C)n(-c3cccc(C(=O)O)c3)c2C)cc1. The Labute approximate surface area is 250 Å². The van der Waals surface area contributed by atoms with E-state index in [1.165, 1.54) is 0 Å². The van der Waals surface area contributed by atoms with Gasteiger partial charge in [-0.3, -0.25) is 4.98 Å². The first-order valence-electron chi connectivity index (χ1n) is 13.7. The molecule has 0 amide bonds. The number of carbonyl (C=O) groups is 1. The van der Waals surface area contributed by atoms with Crippen LogP contribution in [0.1, 0.15) is 50.7 Å². The van der Waals surface area contributed by atoms with Crippen molar-refractivity contribution in [2.75, 3.05) is 4.90 Å². The number of rotatable bonds is 7. The summed E-state index contributed by atoms with van der Waals surface area (Å²) in [5, 5.41) is 13.7. The molecule has 1 aliphatic heterocycles. The van der Waals surface area contributed by atoms with Crippen LogP contribution >= 0.6 is 12.2 Å². The number of nitrogens with zero attached hydrogens (tertiary/aromatic N) is 3. The van der Waals surface area contributed by atoms with Crippen LogP contribution in [0.25, 0.3) is 5.69 Å². The fourth-order valence-electron chi connectivity index (χ4n) is 5.68. The Morgan fingerprint density at radius 1 is 0.905 bits per heavy atom. The number of anilines is 1. The highest BCUT2D eigenvalue weighted by molar-refractivity contribution is 7.80. The lowest BCUT2D eigenvalue weighted by molar-refractivity contribution is 0.0697. The first-order chi connectivity index (χ1) is 20.3. The summed E-state index contributed by atoms with van der Waals surface area (Å²) in [6.45, 7) is 6.11. The number of carboxylic acid groups (broad SMARTS) is 1. The van der Waals surface area contributed by atoms with E-state index in [1.54, 1.807) is 24.4 Å². The van der Waals surface area contributed by atoms with Crippen LogP contribution in [-0.4, -0.2) is 25.7 Å². The van der Waals surface area contributed by atoms with Gasteiger partial charge in [0.1, 0.15) is 11.5 Å². The molecule has 2 aromatic heterocycles. The van der Waals surface area contributed by atoms with Gasteiger partial charge in [0.25, 0.3) is 0 Å². The molecule has 7 nitrogen and oxygen atoms in total. The molecule has 0 radical (unpaired) electrons. The van der Waals surface area contributed by atoms with E-state index in [2.05, 4.69) is 32.8 Å². The second-order valence-corrected chi connectivity index (χ2v) is 10.8. The molecule has 0 saturated carbocycles. The Morgan fingerprint density at radius 3 is 2.38 bits per heavy atom. The van der Waals surface area contributed by atoms with Crippen molar-refractivity contribution in [1.29, 1.82) is 0 Å². The van der Waals surface area contributed by atoms with Gasteiger partial charge in [-0.15, -0.1) is 0 Å². The summed E-state index contributed by atoms with van der Waals surface area (Å²) in [6.07, 6.45) is 1.79. The standard InChI is InChI=1S/C34H30N4O3S/c1-21-9-4-5-13-30(21)41-27-16-14-25(15-17-27)38-32(31(36-34(38)42)29-12-6-7-18-35-29)28-19-22(2)37(23(28)3)26-11-8-10-24(20-26)33(39)40/h4-20,31-32H,1-3H3,(H,36,42)(H,39,40)/t31-,32-/m0/s1. The van der Waals surface area contributed by atoms with Crippen LogP contribution < -0.4 is 15.0 Å². The minimum absolute atomic E-state index is 0.208. The molecular formula is C34H30N4O3S. The van der Waals surface area contributed by atoms with Crippen molar-refractivity contribution in [1.82, 2.24) is 14.9 Å². The molecular weight excluding hydrogens is 544 g/mol. The maximum absolute atomic E-state index is 11.7. The van der Waals surface area contributed by atoms with Gasteiger partial charge in [-0.1, -0.05) is 30.3 Å². The van der Waals surface area contributed by atoms with Crippen LogP contribution in [0.3, 0.4) is 0 Å². The van der Waals surface area contributed by atoms with Gasteiger partial charge in [-0.25, -0.2) is 4.79 Å². The van der Waals surface area contributed by atoms with Crippen molar-refractivity contribution in [2.45, 2.75) is 32.9 Å².